The van der Waals surface area contributed by atoms with Gasteiger partial charge >= 0.3 is 5.97 Å². The Morgan fingerprint density at radius 1 is 1.06 bits per heavy atom. The van der Waals surface area contributed by atoms with Crippen LogP contribution in [0.3, 0.4) is 0 Å². The number of aromatic carboxylic acids is 1. The molecule has 0 spiro atoms. The standard InChI is InChI=1S/C20H17Cl2N3O5.ClH/c21-16-4-1-12(20(26)27)9-15(16)19-6-3-14(30-19)11-23-7-8-24-18-5-2-13(25(28)29)10-17(18)22;/h1-6,9-10,23-24H,7-8,11H2,(H,26,27);1H. The van der Waals surface area contributed by atoms with E-state index in [4.69, 9.17) is 32.7 Å². The minimum atomic E-state index is -1.04. The molecule has 3 rings (SSSR count). The van der Waals surface area contributed by atoms with Crippen LogP contribution >= 0.6 is 35.6 Å². The summed E-state index contributed by atoms with van der Waals surface area (Å²) in [5.74, 6) is 0.104. The van der Waals surface area contributed by atoms with Crippen LogP contribution in [0.15, 0.2) is 52.9 Å². The molecule has 0 atom stereocenters. The van der Waals surface area contributed by atoms with Crippen molar-refractivity contribution in [3.05, 3.63) is 80.0 Å². The van der Waals surface area contributed by atoms with E-state index in [1.165, 1.54) is 30.3 Å². The van der Waals surface area contributed by atoms with Crippen molar-refractivity contribution >= 4 is 53.0 Å². The first kappa shape index (κ1) is 24.5. The summed E-state index contributed by atoms with van der Waals surface area (Å²) in [6.45, 7) is 1.57. The van der Waals surface area contributed by atoms with Gasteiger partial charge in [0.1, 0.15) is 11.5 Å². The van der Waals surface area contributed by atoms with E-state index in [2.05, 4.69) is 10.6 Å². The zero-order valence-electron chi connectivity index (χ0n) is 15.9. The Labute approximate surface area is 193 Å². The summed E-state index contributed by atoms with van der Waals surface area (Å²) < 4.78 is 5.76. The number of hydrogen-bond donors (Lipinski definition) is 3. The summed E-state index contributed by atoms with van der Waals surface area (Å²) in [7, 11) is 0. The molecule has 1 aromatic heterocycles. The predicted molar refractivity (Wildman–Crippen MR) is 122 cm³/mol. The van der Waals surface area contributed by atoms with Crippen molar-refractivity contribution < 1.29 is 19.2 Å². The highest BCUT2D eigenvalue weighted by Gasteiger charge is 2.13. The number of benzene rings is 2. The second-order valence-corrected chi connectivity index (χ2v) is 7.10. The monoisotopic (exact) mass is 485 g/mol. The fourth-order valence-electron chi connectivity index (χ4n) is 2.72. The molecule has 11 heteroatoms. The fourth-order valence-corrected chi connectivity index (χ4v) is 3.18. The summed E-state index contributed by atoms with van der Waals surface area (Å²) in [5, 5.41) is 26.8. The number of anilines is 1. The van der Waals surface area contributed by atoms with Gasteiger partial charge in [-0.05, 0) is 36.4 Å². The third kappa shape index (κ3) is 6.35. The number of carboxylic acids is 1. The fraction of sp³-hybridized carbons (Fsp3) is 0.150. The van der Waals surface area contributed by atoms with E-state index in [0.717, 1.165) is 0 Å². The second kappa shape index (κ2) is 11.0. The van der Waals surface area contributed by atoms with Gasteiger partial charge in [0.25, 0.3) is 5.69 Å². The van der Waals surface area contributed by atoms with E-state index in [-0.39, 0.29) is 28.7 Å². The van der Waals surface area contributed by atoms with Crippen LogP contribution in [0, 0.1) is 10.1 Å². The van der Waals surface area contributed by atoms with Crippen molar-refractivity contribution in [2.24, 2.45) is 0 Å². The van der Waals surface area contributed by atoms with E-state index < -0.39 is 10.9 Å². The molecule has 0 amide bonds. The van der Waals surface area contributed by atoms with E-state index in [1.807, 2.05) is 0 Å². The normalized spacial score (nSPS) is 10.4. The number of furan rings is 1. The van der Waals surface area contributed by atoms with Crippen LogP contribution in [0.1, 0.15) is 16.1 Å². The molecular weight excluding hydrogens is 469 g/mol. The lowest BCUT2D eigenvalue weighted by Gasteiger charge is -2.08. The zero-order valence-corrected chi connectivity index (χ0v) is 18.3. The molecule has 8 nitrogen and oxygen atoms in total. The molecule has 0 radical (unpaired) electrons. The highest BCUT2D eigenvalue weighted by atomic mass is 35.5. The zero-order chi connectivity index (χ0) is 21.7. The van der Waals surface area contributed by atoms with Gasteiger partial charge in [-0.3, -0.25) is 10.1 Å². The first-order valence-electron chi connectivity index (χ1n) is 8.85. The number of nitrogens with zero attached hydrogens (tertiary/aromatic N) is 1. The smallest absolute Gasteiger partial charge is 0.335 e. The third-order valence-electron chi connectivity index (χ3n) is 4.22. The van der Waals surface area contributed by atoms with Gasteiger partial charge in [0, 0.05) is 30.8 Å². The molecule has 0 bridgehead atoms. The Hall–Kier alpha value is -2.78. The van der Waals surface area contributed by atoms with E-state index in [1.54, 1.807) is 18.2 Å². The number of hydrogen-bond acceptors (Lipinski definition) is 6. The van der Waals surface area contributed by atoms with Gasteiger partial charge in [-0.15, -0.1) is 12.4 Å². The number of halogens is 3. The van der Waals surface area contributed by atoms with Gasteiger partial charge in [0.15, 0.2) is 0 Å². The Bertz CT molecular complexity index is 1090. The lowest BCUT2D eigenvalue weighted by molar-refractivity contribution is -0.384. The summed E-state index contributed by atoms with van der Waals surface area (Å²) in [6, 6.07) is 12.2. The van der Waals surface area contributed by atoms with Crippen LogP contribution in [0.5, 0.6) is 0 Å². The van der Waals surface area contributed by atoms with Crippen LogP contribution in [-0.2, 0) is 6.54 Å². The number of carboxylic acid groups (broad SMARTS) is 1. The maximum absolute atomic E-state index is 11.1. The molecule has 3 N–H and O–H groups in total. The lowest BCUT2D eigenvalue weighted by Crippen LogP contribution is -2.21. The number of non-ortho nitro benzene ring substituents is 1. The quantitative estimate of drug-likeness (QED) is 0.208. The third-order valence-corrected chi connectivity index (χ3v) is 4.86. The van der Waals surface area contributed by atoms with Crippen molar-refractivity contribution in [3.8, 4) is 11.3 Å². The van der Waals surface area contributed by atoms with Crippen LogP contribution in [-0.4, -0.2) is 29.1 Å². The summed E-state index contributed by atoms with van der Waals surface area (Å²) in [6.07, 6.45) is 0. The maximum Gasteiger partial charge on any atom is 0.335 e. The van der Waals surface area contributed by atoms with E-state index >= 15 is 0 Å². The average molecular weight is 487 g/mol. The number of rotatable bonds is 9. The molecule has 0 fully saturated rings. The second-order valence-electron chi connectivity index (χ2n) is 6.29. The van der Waals surface area contributed by atoms with Gasteiger partial charge < -0.3 is 20.2 Å². The molecule has 2 aromatic carbocycles. The Kier molecular flexibility index (Phi) is 8.70. The van der Waals surface area contributed by atoms with Gasteiger partial charge in [-0.1, -0.05) is 23.2 Å². The predicted octanol–water partition coefficient (Wildman–Crippen LogP) is 5.48. The van der Waals surface area contributed by atoms with Crippen molar-refractivity contribution in [3.63, 3.8) is 0 Å². The van der Waals surface area contributed by atoms with Crippen molar-refractivity contribution in [2.75, 3.05) is 18.4 Å². The van der Waals surface area contributed by atoms with Gasteiger partial charge in [0.2, 0.25) is 0 Å². The Balaban J connectivity index is 0.00000341. The molecule has 0 aliphatic rings. The minimum Gasteiger partial charge on any atom is -0.478 e. The van der Waals surface area contributed by atoms with Gasteiger partial charge in [0.05, 0.1) is 32.8 Å². The molecule has 0 aliphatic carbocycles. The summed E-state index contributed by atoms with van der Waals surface area (Å²) >= 11 is 12.2. The summed E-state index contributed by atoms with van der Waals surface area (Å²) in [5.41, 5.74) is 1.18. The Morgan fingerprint density at radius 2 is 1.84 bits per heavy atom. The molecular formula is C20H18Cl3N3O5. The van der Waals surface area contributed by atoms with E-state index in [9.17, 15) is 14.9 Å². The highest BCUT2D eigenvalue weighted by Crippen LogP contribution is 2.30. The molecule has 0 saturated heterocycles. The van der Waals surface area contributed by atoms with Crippen LogP contribution in [0.2, 0.25) is 10.0 Å². The first-order valence-corrected chi connectivity index (χ1v) is 9.61. The van der Waals surface area contributed by atoms with Crippen molar-refractivity contribution in [1.29, 1.82) is 0 Å². The van der Waals surface area contributed by atoms with Crippen molar-refractivity contribution in [2.45, 2.75) is 6.54 Å². The average Bonchev–Trinajstić information content (AvgIpc) is 3.17. The number of nitro groups is 1. The Morgan fingerprint density at radius 3 is 2.52 bits per heavy atom. The molecule has 31 heavy (non-hydrogen) atoms. The molecule has 164 valence electrons. The lowest BCUT2D eigenvalue weighted by atomic mass is 10.1. The summed E-state index contributed by atoms with van der Waals surface area (Å²) in [4.78, 5) is 21.4. The molecule has 0 saturated carbocycles. The van der Waals surface area contributed by atoms with Crippen molar-refractivity contribution in [1.82, 2.24) is 5.32 Å². The minimum absolute atomic E-state index is 0. The van der Waals surface area contributed by atoms with Crippen LogP contribution in [0.25, 0.3) is 11.3 Å². The van der Waals surface area contributed by atoms with Gasteiger partial charge in [-0.25, -0.2) is 4.79 Å². The number of carbonyl (C=O) groups is 1. The molecule has 0 aliphatic heterocycles. The largest absolute Gasteiger partial charge is 0.478 e. The maximum atomic E-state index is 11.1. The number of nitrogens with one attached hydrogen (secondary N) is 2. The van der Waals surface area contributed by atoms with Gasteiger partial charge in [-0.2, -0.15) is 0 Å². The van der Waals surface area contributed by atoms with Crippen LogP contribution in [0.4, 0.5) is 11.4 Å². The molecule has 3 aromatic rings. The van der Waals surface area contributed by atoms with E-state index in [0.29, 0.717) is 47.4 Å². The first-order chi connectivity index (χ1) is 14.3. The van der Waals surface area contributed by atoms with Crippen LogP contribution < -0.4 is 10.6 Å². The SMILES string of the molecule is Cl.O=C(O)c1ccc(Cl)c(-c2ccc(CNCCNc3ccc([N+](=O)[O-])cc3Cl)o2)c1. The highest BCUT2D eigenvalue weighted by molar-refractivity contribution is 6.33. The topological polar surface area (TPSA) is 118 Å². The number of nitro benzene ring substituents is 1. The molecule has 0 unspecified atom stereocenters. The molecule has 1 heterocycles.